The van der Waals surface area contributed by atoms with Gasteiger partial charge in [-0.2, -0.15) is 41.3 Å². The van der Waals surface area contributed by atoms with E-state index in [1.165, 1.54) is 12.1 Å². The minimum Gasteiger partial charge on any atom is -0.354 e. The molecule has 0 amide bonds. The first-order chi connectivity index (χ1) is 14.6. The minimum absolute atomic E-state index is 0.0158. The number of pyridine rings is 2. The molecule has 7 nitrogen and oxygen atoms in total. The standard InChI is InChI=1S/C18H15F6N7/c1-2-7-26-15-29-14(11-4-3-5-12(28-11)17(19,20)21)30-16(31-15)27-10-6-8-25-13(9-10)18(22,23)24/h3-6,8-9H,2,7H2,1H3,(H2,25,26,27,29,30,31). The molecular formula is C18H15F6N7. The fourth-order valence-electron chi connectivity index (χ4n) is 2.37. The van der Waals surface area contributed by atoms with E-state index >= 15 is 0 Å². The molecule has 0 aromatic carbocycles. The van der Waals surface area contributed by atoms with Crippen molar-refractivity contribution >= 4 is 17.6 Å². The molecule has 2 N–H and O–H groups in total. The Morgan fingerprint density at radius 3 is 2.23 bits per heavy atom. The number of nitrogens with zero attached hydrogens (tertiary/aromatic N) is 5. The second-order valence-electron chi connectivity index (χ2n) is 6.19. The highest BCUT2D eigenvalue weighted by molar-refractivity contribution is 5.59. The molecule has 0 saturated heterocycles. The lowest BCUT2D eigenvalue weighted by atomic mass is 10.3. The van der Waals surface area contributed by atoms with Gasteiger partial charge in [-0.05, 0) is 30.7 Å². The average molecular weight is 443 g/mol. The third kappa shape index (κ3) is 5.77. The molecule has 31 heavy (non-hydrogen) atoms. The van der Waals surface area contributed by atoms with Crippen molar-refractivity contribution in [2.24, 2.45) is 0 Å². The summed E-state index contributed by atoms with van der Waals surface area (Å²) in [6.07, 6.45) is -7.67. The summed E-state index contributed by atoms with van der Waals surface area (Å²) in [7, 11) is 0. The molecule has 0 spiro atoms. The summed E-state index contributed by atoms with van der Waals surface area (Å²) in [6.45, 7) is 2.32. The second-order valence-corrected chi connectivity index (χ2v) is 6.19. The van der Waals surface area contributed by atoms with Crippen LogP contribution in [0.25, 0.3) is 11.5 Å². The van der Waals surface area contributed by atoms with Crippen LogP contribution < -0.4 is 10.6 Å². The Kier molecular flexibility index (Phi) is 6.22. The molecule has 0 radical (unpaired) electrons. The van der Waals surface area contributed by atoms with Crippen LogP contribution >= 0.6 is 0 Å². The van der Waals surface area contributed by atoms with Gasteiger partial charge in [-0.1, -0.05) is 13.0 Å². The van der Waals surface area contributed by atoms with Crippen LogP contribution in [0, 0.1) is 0 Å². The Morgan fingerprint density at radius 1 is 0.839 bits per heavy atom. The quantitative estimate of drug-likeness (QED) is 0.522. The van der Waals surface area contributed by atoms with Gasteiger partial charge < -0.3 is 10.6 Å². The molecule has 0 saturated carbocycles. The molecule has 0 aliphatic carbocycles. The Labute approximate surface area is 172 Å². The number of hydrogen-bond acceptors (Lipinski definition) is 7. The molecule has 0 aliphatic rings. The van der Waals surface area contributed by atoms with E-state index in [1.54, 1.807) is 0 Å². The molecule has 0 aliphatic heterocycles. The zero-order chi connectivity index (χ0) is 22.6. The number of anilines is 3. The minimum atomic E-state index is -4.67. The van der Waals surface area contributed by atoms with Gasteiger partial charge in [0.25, 0.3) is 0 Å². The molecule has 0 fully saturated rings. The summed E-state index contributed by atoms with van der Waals surface area (Å²) in [5.41, 5.74) is -2.45. The summed E-state index contributed by atoms with van der Waals surface area (Å²) in [6, 6.07) is 5.26. The Morgan fingerprint density at radius 2 is 1.55 bits per heavy atom. The van der Waals surface area contributed by atoms with E-state index in [4.69, 9.17) is 0 Å². The summed E-state index contributed by atoms with van der Waals surface area (Å²) >= 11 is 0. The number of alkyl halides is 6. The van der Waals surface area contributed by atoms with E-state index in [0.717, 1.165) is 24.4 Å². The van der Waals surface area contributed by atoms with Crippen molar-refractivity contribution in [3.8, 4) is 11.5 Å². The predicted molar refractivity (Wildman–Crippen MR) is 99.4 cm³/mol. The first-order valence-corrected chi connectivity index (χ1v) is 8.91. The van der Waals surface area contributed by atoms with Crippen molar-refractivity contribution in [3.05, 3.63) is 47.9 Å². The van der Waals surface area contributed by atoms with Crippen molar-refractivity contribution in [2.75, 3.05) is 17.2 Å². The van der Waals surface area contributed by atoms with E-state index in [2.05, 4.69) is 35.6 Å². The van der Waals surface area contributed by atoms with Crippen LogP contribution in [0.3, 0.4) is 0 Å². The largest absolute Gasteiger partial charge is 0.433 e. The molecule has 3 rings (SSSR count). The van der Waals surface area contributed by atoms with Gasteiger partial charge in [0.2, 0.25) is 11.9 Å². The second kappa shape index (κ2) is 8.70. The number of nitrogens with one attached hydrogen (secondary N) is 2. The molecule has 0 bridgehead atoms. The van der Waals surface area contributed by atoms with E-state index < -0.39 is 23.7 Å². The summed E-state index contributed by atoms with van der Waals surface area (Å²) in [5, 5.41) is 5.46. The average Bonchev–Trinajstić information content (AvgIpc) is 2.71. The molecule has 3 aromatic heterocycles. The van der Waals surface area contributed by atoms with Crippen molar-refractivity contribution in [2.45, 2.75) is 25.7 Å². The highest BCUT2D eigenvalue weighted by atomic mass is 19.4. The smallest absolute Gasteiger partial charge is 0.354 e. The van der Waals surface area contributed by atoms with Gasteiger partial charge in [0.15, 0.2) is 5.82 Å². The van der Waals surface area contributed by atoms with E-state index in [1.807, 2.05) is 6.92 Å². The topological polar surface area (TPSA) is 88.5 Å². The molecule has 0 atom stereocenters. The van der Waals surface area contributed by atoms with Gasteiger partial charge in [-0.15, -0.1) is 0 Å². The summed E-state index contributed by atoms with van der Waals surface area (Å²) < 4.78 is 77.6. The van der Waals surface area contributed by atoms with Crippen LogP contribution in [0.5, 0.6) is 0 Å². The van der Waals surface area contributed by atoms with Crippen molar-refractivity contribution < 1.29 is 26.3 Å². The fourth-order valence-corrected chi connectivity index (χ4v) is 2.37. The van der Waals surface area contributed by atoms with Crippen LogP contribution in [-0.2, 0) is 12.4 Å². The van der Waals surface area contributed by atoms with Crippen molar-refractivity contribution in [1.82, 2.24) is 24.9 Å². The third-order valence-corrected chi connectivity index (χ3v) is 3.74. The molecule has 164 valence electrons. The van der Waals surface area contributed by atoms with E-state index in [9.17, 15) is 26.3 Å². The first-order valence-electron chi connectivity index (χ1n) is 8.91. The van der Waals surface area contributed by atoms with Gasteiger partial charge in [0.05, 0.1) is 0 Å². The third-order valence-electron chi connectivity index (χ3n) is 3.74. The summed E-state index contributed by atoms with van der Waals surface area (Å²) in [5.74, 6) is -0.340. The van der Waals surface area contributed by atoms with Crippen molar-refractivity contribution in [3.63, 3.8) is 0 Å². The molecule has 13 heteroatoms. The maximum atomic E-state index is 13.0. The van der Waals surface area contributed by atoms with Crippen molar-refractivity contribution in [1.29, 1.82) is 0 Å². The molecule has 3 aromatic rings. The molecule has 0 unspecified atom stereocenters. The Hall–Kier alpha value is -3.51. The highest BCUT2D eigenvalue weighted by Gasteiger charge is 2.33. The van der Waals surface area contributed by atoms with E-state index in [-0.39, 0.29) is 29.1 Å². The lowest BCUT2D eigenvalue weighted by Crippen LogP contribution is -2.12. The lowest BCUT2D eigenvalue weighted by molar-refractivity contribution is -0.141. The van der Waals surface area contributed by atoms with Gasteiger partial charge in [0, 0.05) is 18.4 Å². The monoisotopic (exact) mass is 443 g/mol. The first kappa shape index (κ1) is 22.2. The maximum Gasteiger partial charge on any atom is 0.433 e. The van der Waals surface area contributed by atoms with Gasteiger partial charge in [-0.25, -0.2) is 4.98 Å². The zero-order valence-corrected chi connectivity index (χ0v) is 15.9. The van der Waals surface area contributed by atoms with Gasteiger partial charge in [0.1, 0.15) is 17.1 Å². The number of hydrogen-bond donors (Lipinski definition) is 2. The summed E-state index contributed by atoms with van der Waals surface area (Å²) in [4.78, 5) is 18.9. The maximum absolute atomic E-state index is 13.0. The molecule has 3 heterocycles. The van der Waals surface area contributed by atoms with Crippen LogP contribution in [0.2, 0.25) is 0 Å². The number of aromatic nitrogens is 5. The zero-order valence-electron chi connectivity index (χ0n) is 15.9. The highest BCUT2D eigenvalue weighted by Crippen LogP contribution is 2.30. The van der Waals surface area contributed by atoms with Gasteiger partial charge in [-0.3, -0.25) is 4.98 Å². The number of halogens is 6. The Balaban J connectivity index is 2.00. The van der Waals surface area contributed by atoms with Crippen LogP contribution in [0.1, 0.15) is 24.7 Å². The SMILES string of the molecule is CCCNc1nc(Nc2ccnc(C(F)(F)F)c2)nc(-c2cccc(C(F)(F)F)n2)n1. The number of rotatable bonds is 6. The van der Waals surface area contributed by atoms with Gasteiger partial charge >= 0.3 is 12.4 Å². The van der Waals surface area contributed by atoms with Crippen LogP contribution in [0.4, 0.5) is 43.9 Å². The normalized spacial score (nSPS) is 12.0. The van der Waals surface area contributed by atoms with Crippen LogP contribution in [0.15, 0.2) is 36.5 Å². The predicted octanol–water partition coefficient (Wildman–Crippen LogP) is 4.93. The fraction of sp³-hybridized carbons (Fsp3) is 0.278. The Bertz CT molecular complexity index is 1050. The lowest BCUT2D eigenvalue weighted by Gasteiger charge is -2.12. The van der Waals surface area contributed by atoms with E-state index in [0.29, 0.717) is 13.0 Å². The van der Waals surface area contributed by atoms with Crippen LogP contribution in [-0.4, -0.2) is 31.5 Å². The molecular weight excluding hydrogens is 428 g/mol.